The zero-order valence-electron chi connectivity index (χ0n) is 41.5. The van der Waals surface area contributed by atoms with E-state index in [1.54, 1.807) is 18.5 Å². The average Bonchev–Trinajstić information content (AvgIpc) is 3.77. The van der Waals surface area contributed by atoms with Crippen molar-refractivity contribution < 1.29 is 32.2 Å². The molecule has 70 heavy (non-hydrogen) atoms. The number of ether oxygens (including phenoxy) is 4. The lowest BCUT2D eigenvalue weighted by Crippen LogP contribution is -2.54. The molecule has 2 saturated heterocycles. The highest BCUT2D eigenvalue weighted by Gasteiger charge is 2.44. The number of likely N-dealkylation sites (tertiary alicyclic amines) is 1. The Hall–Kier alpha value is -3.90. The molecule has 378 valence electrons. The predicted octanol–water partition coefficient (Wildman–Crippen LogP) is 9.06. The molecule has 0 saturated carbocycles. The summed E-state index contributed by atoms with van der Waals surface area (Å²) >= 11 is 8.96. The van der Waals surface area contributed by atoms with Crippen LogP contribution < -0.4 is 19.1 Å². The Morgan fingerprint density at radius 2 is 1.61 bits per heavy atom. The molecule has 1 amide bonds. The van der Waals surface area contributed by atoms with Crippen molar-refractivity contribution in [2.45, 2.75) is 88.2 Å². The number of anilines is 1. The van der Waals surface area contributed by atoms with Crippen molar-refractivity contribution in [2.24, 2.45) is 5.92 Å². The summed E-state index contributed by atoms with van der Waals surface area (Å²) < 4.78 is 55.4. The number of halogens is 2. The standard InChI is InChI=1S/C55H71ClIN5O7S/c1-40(41(2)70(64,65)61(35-42-13-19-48(66-4)20-14-42)36-43-15-21-49(67-5)22-16-43)9-6-12-51(54(63)58(3)27-28-59-29-31-68-32-30-59)62-26-8-11-47(62)37-60-38-55(39-69-53-24-18-46(57)34-52(53)60)25-7-10-44-33-45(56)17-23-50(44)55/h6,12-24,33-34,40-41,47,51H,7-11,25-32,35-39H2,1-5H3/b12-6+/t40-,41+,47-,51?,55-/m0/s1. The molecule has 4 aromatic carbocycles. The smallest absolute Gasteiger partial charge is 0.243 e. The van der Waals surface area contributed by atoms with Gasteiger partial charge in [0.25, 0.3) is 0 Å². The molecule has 3 aliphatic heterocycles. The highest BCUT2D eigenvalue weighted by Crippen LogP contribution is 2.45. The van der Waals surface area contributed by atoms with Crippen LogP contribution in [0.2, 0.25) is 5.02 Å². The van der Waals surface area contributed by atoms with Gasteiger partial charge in [-0.25, -0.2) is 8.42 Å². The first-order valence-electron chi connectivity index (χ1n) is 25.0. The van der Waals surface area contributed by atoms with Crippen molar-refractivity contribution in [3.63, 3.8) is 0 Å². The number of hydrogen-bond acceptors (Lipinski definition) is 10. The second kappa shape index (κ2) is 23.8. The van der Waals surface area contributed by atoms with E-state index in [2.05, 4.69) is 79.8 Å². The Morgan fingerprint density at radius 3 is 2.29 bits per heavy atom. The number of methoxy groups -OCH3 is 2. The van der Waals surface area contributed by atoms with Gasteiger partial charge in [0.15, 0.2) is 0 Å². The Kier molecular flexibility index (Phi) is 17.8. The lowest BCUT2D eigenvalue weighted by molar-refractivity contribution is -0.134. The van der Waals surface area contributed by atoms with E-state index in [9.17, 15) is 13.2 Å². The van der Waals surface area contributed by atoms with Gasteiger partial charge in [0.1, 0.15) is 23.3 Å². The number of amides is 1. The van der Waals surface area contributed by atoms with Crippen molar-refractivity contribution in [1.29, 1.82) is 0 Å². The highest BCUT2D eigenvalue weighted by atomic mass is 127. The number of aryl methyl sites for hydroxylation is 1. The molecule has 4 aliphatic rings. The fourth-order valence-corrected chi connectivity index (χ4v) is 13.3. The second-order valence-corrected chi connectivity index (χ2v) is 23.7. The molecule has 15 heteroatoms. The number of nitrogens with zero attached hydrogens (tertiary/aromatic N) is 5. The molecular weight excluding hydrogens is 1040 g/mol. The van der Waals surface area contributed by atoms with Gasteiger partial charge in [-0.3, -0.25) is 14.6 Å². The van der Waals surface area contributed by atoms with Gasteiger partial charge < -0.3 is 28.7 Å². The molecule has 12 nitrogen and oxygen atoms in total. The second-order valence-electron chi connectivity index (χ2n) is 19.8. The fourth-order valence-electron chi connectivity index (χ4n) is 10.8. The SMILES string of the molecule is COc1ccc(CN(Cc2ccc(OC)cc2)S(=O)(=O)[C@H](C)[C@@H](C)C/C=C/C(C(=O)N(C)CCN2CCOCC2)N2CCC[C@H]2CN2C[C@@]3(CCCc4cc(Cl)ccc43)COc3ccc(I)cc32)cc1. The van der Waals surface area contributed by atoms with Gasteiger partial charge in [-0.05, 0) is 157 Å². The van der Waals surface area contributed by atoms with E-state index < -0.39 is 21.3 Å². The summed E-state index contributed by atoms with van der Waals surface area (Å²) in [5, 5.41) is 0.0575. The number of fused-ring (bicyclic) bond motifs is 3. The first-order valence-corrected chi connectivity index (χ1v) is 27.9. The zero-order chi connectivity index (χ0) is 49.4. The maximum Gasteiger partial charge on any atom is 0.243 e. The van der Waals surface area contributed by atoms with Crippen LogP contribution in [0.5, 0.6) is 17.2 Å². The van der Waals surface area contributed by atoms with Gasteiger partial charge in [-0.2, -0.15) is 4.31 Å². The van der Waals surface area contributed by atoms with Gasteiger partial charge in [0.2, 0.25) is 15.9 Å². The van der Waals surface area contributed by atoms with Crippen LogP contribution in [0.25, 0.3) is 0 Å². The van der Waals surface area contributed by atoms with E-state index in [1.807, 2.05) is 80.4 Å². The van der Waals surface area contributed by atoms with Crippen LogP contribution in [0.4, 0.5) is 5.69 Å². The normalized spacial score (nSPS) is 21.2. The molecule has 4 aromatic rings. The van der Waals surface area contributed by atoms with Crippen LogP contribution in [0, 0.1) is 9.49 Å². The van der Waals surface area contributed by atoms with E-state index >= 15 is 0 Å². The summed E-state index contributed by atoms with van der Waals surface area (Å²) in [5.41, 5.74) is 5.24. The number of likely N-dealkylation sites (N-methyl/N-ethyl adjacent to an activating group) is 1. The number of allylic oxidation sites excluding steroid dienone is 1. The molecule has 1 spiro atoms. The molecule has 1 unspecified atom stereocenters. The van der Waals surface area contributed by atoms with Gasteiger partial charge >= 0.3 is 0 Å². The Balaban J connectivity index is 1.05. The van der Waals surface area contributed by atoms with Crippen LogP contribution in [0.1, 0.15) is 68.2 Å². The van der Waals surface area contributed by atoms with Gasteiger partial charge in [0.05, 0.1) is 45.0 Å². The number of carbonyl (C=O) groups is 1. The summed E-state index contributed by atoms with van der Waals surface area (Å²) in [6.07, 6.45) is 9.63. The summed E-state index contributed by atoms with van der Waals surface area (Å²) in [5.74, 6) is 2.12. The molecule has 8 rings (SSSR count). The van der Waals surface area contributed by atoms with Gasteiger partial charge in [-0.1, -0.05) is 61.0 Å². The Labute approximate surface area is 435 Å². The topological polar surface area (TPSA) is 104 Å². The van der Waals surface area contributed by atoms with Crippen LogP contribution in [0.15, 0.2) is 97.1 Å². The molecular formula is C55H71ClIN5O7S. The number of hydrogen-bond donors (Lipinski definition) is 0. The monoisotopic (exact) mass is 1110 g/mol. The predicted molar refractivity (Wildman–Crippen MR) is 288 cm³/mol. The number of rotatable bonds is 19. The highest BCUT2D eigenvalue weighted by molar-refractivity contribution is 14.1. The summed E-state index contributed by atoms with van der Waals surface area (Å²) in [4.78, 5) is 24.2. The maximum absolute atomic E-state index is 15.0. The van der Waals surface area contributed by atoms with E-state index in [0.717, 1.165) is 103 Å². The number of carbonyl (C=O) groups excluding carboxylic acids is 1. The minimum Gasteiger partial charge on any atom is -0.497 e. The van der Waals surface area contributed by atoms with Crippen molar-refractivity contribution in [3.05, 3.63) is 128 Å². The van der Waals surface area contributed by atoms with Crippen molar-refractivity contribution in [3.8, 4) is 17.2 Å². The third-order valence-electron chi connectivity index (χ3n) is 15.2. The zero-order valence-corrected chi connectivity index (χ0v) is 45.3. The number of morpholine rings is 1. The molecule has 0 aromatic heterocycles. The lowest BCUT2D eigenvalue weighted by Gasteiger charge is -2.42. The van der Waals surface area contributed by atoms with E-state index in [1.165, 1.54) is 11.1 Å². The average molecular weight is 1110 g/mol. The molecule has 0 radical (unpaired) electrons. The van der Waals surface area contributed by atoms with Crippen molar-refractivity contribution >= 4 is 55.8 Å². The van der Waals surface area contributed by atoms with Crippen LogP contribution in [-0.2, 0) is 44.5 Å². The van der Waals surface area contributed by atoms with E-state index in [4.69, 9.17) is 30.5 Å². The Morgan fingerprint density at radius 1 is 0.929 bits per heavy atom. The Bertz CT molecular complexity index is 2480. The van der Waals surface area contributed by atoms with Crippen LogP contribution >= 0.6 is 34.2 Å². The van der Waals surface area contributed by atoms with Gasteiger partial charge in [-0.15, -0.1) is 0 Å². The molecule has 3 heterocycles. The minimum absolute atomic E-state index is 0.0543. The molecule has 0 bridgehead atoms. The van der Waals surface area contributed by atoms with Crippen molar-refractivity contribution in [1.82, 2.24) is 19.0 Å². The summed E-state index contributed by atoms with van der Waals surface area (Å²) in [6.45, 7) is 11.6. The van der Waals surface area contributed by atoms with Crippen LogP contribution in [0.3, 0.4) is 0 Å². The van der Waals surface area contributed by atoms with Crippen LogP contribution in [-0.4, -0.2) is 138 Å². The summed E-state index contributed by atoms with van der Waals surface area (Å²) in [6, 6.07) is 27.5. The lowest BCUT2D eigenvalue weighted by atomic mass is 9.70. The van der Waals surface area contributed by atoms with Gasteiger partial charge in [0, 0.05) is 79.5 Å². The first kappa shape index (κ1) is 52.4. The number of benzene rings is 4. The molecule has 2 fully saturated rings. The van der Waals surface area contributed by atoms with E-state index in [0.29, 0.717) is 44.3 Å². The largest absolute Gasteiger partial charge is 0.497 e. The third kappa shape index (κ3) is 12.5. The first-order chi connectivity index (χ1) is 33.8. The molecule has 0 N–H and O–H groups in total. The summed E-state index contributed by atoms with van der Waals surface area (Å²) in [7, 11) is 1.35. The number of sulfonamides is 1. The quantitative estimate of drug-likeness (QED) is 0.0668. The molecule has 5 atom stereocenters. The maximum atomic E-state index is 15.0. The minimum atomic E-state index is -3.82. The third-order valence-corrected chi connectivity index (χ3v) is 18.5. The van der Waals surface area contributed by atoms with Crippen molar-refractivity contribution in [2.75, 3.05) is 91.8 Å². The van der Waals surface area contributed by atoms with E-state index in [-0.39, 0.29) is 36.4 Å². The molecule has 1 aliphatic carbocycles. The fraction of sp³-hybridized carbons (Fsp3) is 0.509.